The van der Waals surface area contributed by atoms with Crippen LogP contribution in [-0.2, 0) is 0 Å². The summed E-state index contributed by atoms with van der Waals surface area (Å²) >= 11 is 0. The van der Waals surface area contributed by atoms with Gasteiger partial charge < -0.3 is 5.11 Å². The molecule has 0 aliphatic heterocycles. The molecule has 0 aliphatic carbocycles. The minimum absolute atomic E-state index is 0.0249. The number of nitrogens with zero attached hydrogens (tertiary/aromatic N) is 2. The standard InChI is InChI=1S/C7H2F2N2O6/c8-5-2(10(14)15)1-3(11(16)17)6(9)4(5)7(12)13/h1H,(H,12,13). The fraction of sp³-hybridized carbons (Fsp3) is 0. The van der Waals surface area contributed by atoms with Crippen LogP contribution in [0.1, 0.15) is 10.4 Å². The molecule has 1 aromatic rings. The molecule has 0 atom stereocenters. The van der Waals surface area contributed by atoms with Crippen LogP contribution in [0, 0.1) is 31.9 Å². The first-order valence-electron chi connectivity index (χ1n) is 3.81. The average molecular weight is 248 g/mol. The maximum atomic E-state index is 13.2. The number of hydrogen-bond donors (Lipinski definition) is 1. The van der Waals surface area contributed by atoms with Gasteiger partial charge in [-0.25, -0.2) is 4.79 Å². The number of rotatable bonds is 3. The number of carbonyl (C=O) groups is 1. The normalized spacial score (nSPS) is 10.0. The number of benzene rings is 1. The van der Waals surface area contributed by atoms with Gasteiger partial charge in [-0.1, -0.05) is 0 Å². The molecule has 90 valence electrons. The minimum Gasteiger partial charge on any atom is -0.477 e. The van der Waals surface area contributed by atoms with Gasteiger partial charge in [0, 0.05) is 0 Å². The van der Waals surface area contributed by atoms with E-state index in [9.17, 15) is 33.8 Å². The van der Waals surface area contributed by atoms with Crippen LogP contribution in [-0.4, -0.2) is 20.9 Å². The molecule has 8 nitrogen and oxygen atoms in total. The summed E-state index contributed by atoms with van der Waals surface area (Å²) in [7, 11) is 0. The van der Waals surface area contributed by atoms with E-state index in [0.717, 1.165) is 0 Å². The van der Waals surface area contributed by atoms with Crippen molar-refractivity contribution in [3.63, 3.8) is 0 Å². The Kier molecular flexibility index (Phi) is 2.98. The Morgan fingerprint density at radius 2 is 1.47 bits per heavy atom. The maximum Gasteiger partial charge on any atom is 0.342 e. The lowest BCUT2D eigenvalue weighted by Crippen LogP contribution is -2.10. The number of hydrogen-bond acceptors (Lipinski definition) is 5. The number of carboxylic acids is 1. The molecule has 17 heavy (non-hydrogen) atoms. The molecule has 1 N–H and O–H groups in total. The third-order valence-electron chi connectivity index (χ3n) is 1.77. The fourth-order valence-electron chi connectivity index (χ4n) is 1.06. The van der Waals surface area contributed by atoms with Gasteiger partial charge in [-0.2, -0.15) is 8.78 Å². The number of carboxylic acid groups (broad SMARTS) is 1. The second-order valence-electron chi connectivity index (χ2n) is 2.74. The quantitative estimate of drug-likeness (QED) is 0.638. The average Bonchev–Trinajstić information content (AvgIpc) is 2.15. The van der Waals surface area contributed by atoms with Crippen molar-refractivity contribution >= 4 is 17.3 Å². The number of aromatic carboxylic acids is 1. The Bertz CT molecular complexity index is 505. The monoisotopic (exact) mass is 248 g/mol. The van der Waals surface area contributed by atoms with E-state index in [4.69, 9.17) is 5.11 Å². The largest absolute Gasteiger partial charge is 0.477 e. The summed E-state index contributed by atoms with van der Waals surface area (Å²) in [6, 6.07) is 0.0249. The summed E-state index contributed by atoms with van der Waals surface area (Å²) in [5.74, 6) is -6.11. The number of halogens is 2. The molecule has 0 saturated carbocycles. The van der Waals surface area contributed by atoms with Crippen LogP contribution in [0.3, 0.4) is 0 Å². The molecular formula is C7H2F2N2O6. The van der Waals surface area contributed by atoms with Crippen molar-refractivity contribution in [3.8, 4) is 0 Å². The lowest BCUT2D eigenvalue weighted by molar-refractivity contribution is -0.397. The van der Waals surface area contributed by atoms with E-state index in [2.05, 4.69) is 0 Å². The SMILES string of the molecule is O=C(O)c1c(F)c([N+](=O)[O-])cc([N+](=O)[O-])c1F. The molecule has 0 amide bonds. The van der Waals surface area contributed by atoms with Crippen LogP contribution in [0.5, 0.6) is 0 Å². The third-order valence-corrected chi connectivity index (χ3v) is 1.77. The molecular weight excluding hydrogens is 246 g/mol. The van der Waals surface area contributed by atoms with Crippen LogP contribution in [0.2, 0.25) is 0 Å². The lowest BCUT2D eigenvalue weighted by atomic mass is 10.1. The summed E-state index contributed by atoms with van der Waals surface area (Å²) < 4.78 is 26.4. The van der Waals surface area contributed by atoms with Gasteiger partial charge in [0.1, 0.15) is 11.6 Å². The Balaban J connectivity index is 3.76. The first-order chi connectivity index (χ1) is 7.77. The van der Waals surface area contributed by atoms with Gasteiger partial charge in [-0.3, -0.25) is 20.2 Å². The Labute approximate surface area is 90.4 Å². The highest BCUT2D eigenvalue weighted by molar-refractivity contribution is 5.90. The van der Waals surface area contributed by atoms with Crippen LogP contribution in [0.15, 0.2) is 6.07 Å². The van der Waals surface area contributed by atoms with Crippen LogP contribution in [0.25, 0.3) is 0 Å². The van der Waals surface area contributed by atoms with Crippen LogP contribution < -0.4 is 0 Å². The highest BCUT2D eigenvalue weighted by Crippen LogP contribution is 2.30. The van der Waals surface area contributed by atoms with Crippen LogP contribution >= 0.6 is 0 Å². The van der Waals surface area contributed by atoms with Crippen molar-refractivity contribution in [2.24, 2.45) is 0 Å². The first kappa shape index (κ1) is 12.4. The van der Waals surface area contributed by atoms with Crippen LogP contribution in [0.4, 0.5) is 20.2 Å². The lowest BCUT2D eigenvalue weighted by Gasteiger charge is -2.01. The Morgan fingerprint density at radius 3 is 1.71 bits per heavy atom. The van der Waals surface area contributed by atoms with E-state index in [1.54, 1.807) is 0 Å². The van der Waals surface area contributed by atoms with Gasteiger partial charge in [-0.05, 0) is 0 Å². The van der Waals surface area contributed by atoms with Gasteiger partial charge in [-0.15, -0.1) is 0 Å². The summed E-state index contributed by atoms with van der Waals surface area (Å²) in [6.45, 7) is 0. The zero-order chi connectivity index (χ0) is 13.3. The smallest absolute Gasteiger partial charge is 0.342 e. The summed E-state index contributed by atoms with van der Waals surface area (Å²) in [5.41, 5.74) is -4.68. The molecule has 0 aliphatic rings. The summed E-state index contributed by atoms with van der Waals surface area (Å²) in [6.07, 6.45) is 0. The van der Waals surface area contributed by atoms with Gasteiger partial charge >= 0.3 is 17.3 Å². The Hall–Kier alpha value is -2.65. The fourth-order valence-corrected chi connectivity index (χ4v) is 1.06. The molecule has 0 aromatic heterocycles. The van der Waals surface area contributed by atoms with Gasteiger partial charge in [0.25, 0.3) is 0 Å². The molecule has 1 aromatic carbocycles. The highest BCUT2D eigenvalue weighted by atomic mass is 19.1. The summed E-state index contributed by atoms with van der Waals surface area (Å²) in [4.78, 5) is 28.3. The predicted octanol–water partition coefficient (Wildman–Crippen LogP) is 1.48. The Morgan fingerprint density at radius 1 is 1.12 bits per heavy atom. The van der Waals surface area contributed by atoms with Gasteiger partial charge in [0.05, 0.1) is 9.85 Å². The van der Waals surface area contributed by atoms with Gasteiger partial charge in [0.15, 0.2) is 0 Å². The number of nitro benzene ring substituents is 2. The second-order valence-corrected chi connectivity index (χ2v) is 2.74. The molecule has 0 saturated heterocycles. The van der Waals surface area contributed by atoms with E-state index < -0.39 is 44.4 Å². The van der Waals surface area contributed by atoms with Crippen molar-refractivity contribution in [2.75, 3.05) is 0 Å². The van der Waals surface area contributed by atoms with Crippen molar-refractivity contribution in [1.82, 2.24) is 0 Å². The minimum atomic E-state index is -2.17. The van der Waals surface area contributed by atoms with Gasteiger partial charge in [0.2, 0.25) is 11.6 Å². The molecule has 10 heteroatoms. The van der Waals surface area contributed by atoms with Crippen molar-refractivity contribution in [2.45, 2.75) is 0 Å². The first-order valence-corrected chi connectivity index (χ1v) is 3.81. The van der Waals surface area contributed by atoms with E-state index in [0.29, 0.717) is 0 Å². The maximum absolute atomic E-state index is 13.2. The number of nitro groups is 2. The third kappa shape index (κ3) is 2.00. The molecule has 0 heterocycles. The van der Waals surface area contributed by atoms with E-state index >= 15 is 0 Å². The van der Waals surface area contributed by atoms with E-state index in [-0.39, 0.29) is 6.07 Å². The predicted molar refractivity (Wildman–Crippen MR) is 46.6 cm³/mol. The topological polar surface area (TPSA) is 124 Å². The molecule has 0 spiro atoms. The highest BCUT2D eigenvalue weighted by Gasteiger charge is 2.34. The summed E-state index contributed by atoms with van der Waals surface area (Å²) in [5, 5.41) is 29.1. The molecule has 1 rings (SSSR count). The zero-order valence-corrected chi connectivity index (χ0v) is 7.72. The second kappa shape index (κ2) is 4.08. The van der Waals surface area contributed by atoms with Crippen molar-refractivity contribution in [3.05, 3.63) is 43.5 Å². The molecule has 0 radical (unpaired) electrons. The molecule has 0 fully saturated rings. The zero-order valence-electron chi connectivity index (χ0n) is 7.72. The molecule has 0 unspecified atom stereocenters. The van der Waals surface area contributed by atoms with Crippen molar-refractivity contribution in [1.29, 1.82) is 0 Å². The van der Waals surface area contributed by atoms with Crippen molar-refractivity contribution < 1.29 is 28.5 Å². The van der Waals surface area contributed by atoms with E-state index in [1.807, 2.05) is 0 Å². The molecule has 0 bridgehead atoms. The van der Waals surface area contributed by atoms with E-state index in [1.165, 1.54) is 0 Å².